The second-order valence-electron chi connectivity index (χ2n) is 16.7. The Kier molecular flexibility index (Phi) is 8.09. The van der Waals surface area contributed by atoms with Crippen molar-refractivity contribution >= 4 is 11.0 Å². The van der Waals surface area contributed by atoms with Crippen molar-refractivity contribution in [1.29, 1.82) is 0 Å². The standard InChI is InChI=1S/C60H38N4/c1-4-16-40(17-5-1)55-38-56(41-18-6-2-7-19-41)62-58(61-55)44-33-35-49-47-23-11-13-25-51(47)60(53(49)37-44)50-24-12-10-22-46(50)48-34-32-43(36-52(48)60)39-28-30-42(31-29-39)59-63-54-26-14-15-27-57(54)64(59)45-20-8-3-9-21-45/h1-38H. The molecule has 2 aliphatic carbocycles. The van der Waals surface area contributed by atoms with E-state index in [2.05, 4.69) is 223 Å². The molecule has 0 saturated heterocycles. The maximum atomic E-state index is 5.28. The molecule has 4 nitrogen and oxygen atoms in total. The normalized spacial score (nSPS) is 14.3. The molecule has 2 aromatic heterocycles. The lowest BCUT2D eigenvalue weighted by atomic mass is 9.70. The van der Waals surface area contributed by atoms with Crippen LogP contribution < -0.4 is 0 Å². The average molecular weight is 815 g/mol. The van der Waals surface area contributed by atoms with E-state index >= 15 is 0 Å². The minimum atomic E-state index is -0.552. The molecule has 0 radical (unpaired) electrons. The Morgan fingerprint density at radius 2 is 0.781 bits per heavy atom. The minimum absolute atomic E-state index is 0.552. The summed E-state index contributed by atoms with van der Waals surface area (Å²) in [6.07, 6.45) is 0. The number of aromatic nitrogens is 4. The molecule has 0 aliphatic heterocycles. The van der Waals surface area contributed by atoms with Crippen molar-refractivity contribution < 1.29 is 0 Å². The number of benzene rings is 9. The van der Waals surface area contributed by atoms with Gasteiger partial charge in [-0.25, -0.2) is 15.0 Å². The monoisotopic (exact) mass is 814 g/mol. The van der Waals surface area contributed by atoms with Crippen LogP contribution in [0.3, 0.4) is 0 Å². The first-order valence-electron chi connectivity index (χ1n) is 21.9. The van der Waals surface area contributed by atoms with Gasteiger partial charge in [0, 0.05) is 27.9 Å². The van der Waals surface area contributed by atoms with E-state index in [1.54, 1.807) is 0 Å². The van der Waals surface area contributed by atoms with Gasteiger partial charge >= 0.3 is 0 Å². The second-order valence-corrected chi connectivity index (χ2v) is 16.7. The van der Waals surface area contributed by atoms with Crippen LogP contribution >= 0.6 is 0 Å². The van der Waals surface area contributed by atoms with Crippen LogP contribution in [-0.2, 0) is 5.41 Å². The van der Waals surface area contributed by atoms with Gasteiger partial charge in [0.1, 0.15) is 5.82 Å². The highest BCUT2D eigenvalue weighted by Crippen LogP contribution is 2.63. The Hall–Kier alpha value is -8.47. The Bertz CT molecular complexity index is 3520. The fourth-order valence-electron chi connectivity index (χ4n) is 10.4. The summed E-state index contributed by atoms with van der Waals surface area (Å²) < 4.78 is 2.26. The van der Waals surface area contributed by atoms with Crippen LogP contribution in [0, 0.1) is 0 Å². The molecule has 64 heavy (non-hydrogen) atoms. The number of nitrogens with zero attached hydrogens (tertiary/aromatic N) is 4. The maximum absolute atomic E-state index is 5.28. The van der Waals surface area contributed by atoms with E-state index < -0.39 is 5.41 Å². The Morgan fingerprint density at radius 3 is 1.41 bits per heavy atom. The minimum Gasteiger partial charge on any atom is -0.292 e. The summed E-state index contributed by atoms with van der Waals surface area (Å²) in [6.45, 7) is 0. The number of hydrogen-bond donors (Lipinski definition) is 0. The molecule has 1 unspecified atom stereocenters. The van der Waals surface area contributed by atoms with Gasteiger partial charge in [0.2, 0.25) is 0 Å². The van der Waals surface area contributed by atoms with Crippen LogP contribution in [0.5, 0.6) is 0 Å². The van der Waals surface area contributed by atoms with E-state index in [1.165, 1.54) is 50.1 Å². The van der Waals surface area contributed by atoms with Gasteiger partial charge < -0.3 is 0 Å². The van der Waals surface area contributed by atoms with Crippen LogP contribution in [-0.4, -0.2) is 19.5 Å². The van der Waals surface area contributed by atoms with Gasteiger partial charge in [-0.3, -0.25) is 4.57 Å². The molecule has 0 amide bonds. The quantitative estimate of drug-likeness (QED) is 0.168. The average Bonchev–Trinajstić information content (AvgIpc) is 4.01. The van der Waals surface area contributed by atoms with E-state index in [9.17, 15) is 0 Å². The summed E-state index contributed by atoms with van der Waals surface area (Å²) in [5.74, 6) is 1.63. The molecule has 298 valence electrons. The summed E-state index contributed by atoms with van der Waals surface area (Å²) in [4.78, 5) is 15.7. The maximum Gasteiger partial charge on any atom is 0.160 e. The van der Waals surface area contributed by atoms with Crippen molar-refractivity contribution in [2.75, 3.05) is 0 Å². The Labute approximate surface area is 371 Å². The lowest BCUT2D eigenvalue weighted by molar-refractivity contribution is 0.794. The largest absolute Gasteiger partial charge is 0.292 e. The van der Waals surface area contributed by atoms with Crippen LogP contribution in [0.2, 0.25) is 0 Å². The molecular weight excluding hydrogens is 777 g/mol. The van der Waals surface area contributed by atoms with E-state index in [0.717, 1.165) is 61.8 Å². The second kappa shape index (κ2) is 14.3. The molecule has 2 heterocycles. The molecule has 2 aliphatic rings. The SMILES string of the molecule is c1ccc(-c2cc(-c3ccccc3)nc(-c3ccc4c(c3)C3(c5ccccc5-c5ccc(-c6ccc(-c7nc8ccccc8n7-c7ccccc7)cc6)cc53)c3ccccc3-4)n2)cc1. The lowest BCUT2D eigenvalue weighted by Gasteiger charge is -2.31. The van der Waals surface area contributed by atoms with Crippen LogP contribution in [0.25, 0.3) is 95.4 Å². The van der Waals surface area contributed by atoms with Crippen molar-refractivity contribution in [3.05, 3.63) is 253 Å². The zero-order valence-electron chi connectivity index (χ0n) is 34.7. The molecule has 4 heteroatoms. The molecule has 0 fully saturated rings. The van der Waals surface area contributed by atoms with Crippen LogP contribution in [0.4, 0.5) is 0 Å². The molecule has 0 saturated carbocycles. The zero-order chi connectivity index (χ0) is 42.2. The van der Waals surface area contributed by atoms with Gasteiger partial charge in [-0.05, 0) is 98.1 Å². The van der Waals surface area contributed by atoms with Crippen molar-refractivity contribution in [2.24, 2.45) is 0 Å². The molecule has 0 N–H and O–H groups in total. The smallest absolute Gasteiger partial charge is 0.160 e. The number of hydrogen-bond acceptors (Lipinski definition) is 3. The van der Waals surface area contributed by atoms with Gasteiger partial charge in [0.05, 0.1) is 27.8 Å². The van der Waals surface area contributed by atoms with Crippen LogP contribution in [0.1, 0.15) is 22.3 Å². The van der Waals surface area contributed by atoms with E-state index in [-0.39, 0.29) is 0 Å². The first-order chi connectivity index (χ1) is 31.7. The summed E-state index contributed by atoms with van der Waals surface area (Å²) >= 11 is 0. The van der Waals surface area contributed by atoms with Gasteiger partial charge in [0.15, 0.2) is 5.82 Å². The summed E-state index contributed by atoms with van der Waals surface area (Å²) in [5.41, 5.74) is 21.0. The topological polar surface area (TPSA) is 43.6 Å². The molecule has 1 spiro atoms. The molecule has 11 aromatic rings. The predicted octanol–water partition coefficient (Wildman–Crippen LogP) is 14.5. The third kappa shape index (κ3) is 5.46. The summed E-state index contributed by atoms with van der Waals surface area (Å²) in [7, 11) is 0. The van der Waals surface area contributed by atoms with E-state index in [0.29, 0.717) is 5.82 Å². The molecule has 0 bridgehead atoms. The number of fused-ring (bicyclic) bond motifs is 11. The molecule has 9 aromatic carbocycles. The van der Waals surface area contributed by atoms with Crippen molar-refractivity contribution in [3.8, 4) is 84.4 Å². The van der Waals surface area contributed by atoms with Gasteiger partial charge in [-0.1, -0.05) is 188 Å². The van der Waals surface area contributed by atoms with Crippen molar-refractivity contribution in [3.63, 3.8) is 0 Å². The van der Waals surface area contributed by atoms with Crippen molar-refractivity contribution in [1.82, 2.24) is 19.5 Å². The van der Waals surface area contributed by atoms with Crippen LogP contribution in [0.15, 0.2) is 231 Å². The third-order valence-electron chi connectivity index (χ3n) is 13.3. The van der Waals surface area contributed by atoms with Gasteiger partial charge in [-0.2, -0.15) is 0 Å². The summed E-state index contributed by atoms with van der Waals surface area (Å²) in [5, 5.41) is 0. The van der Waals surface area contributed by atoms with Crippen molar-refractivity contribution in [2.45, 2.75) is 5.41 Å². The lowest BCUT2D eigenvalue weighted by Crippen LogP contribution is -2.26. The fraction of sp³-hybridized carbons (Fsp3) is 0.0167. The highest BCUT2D eigenvalue weighted by molar-refractivity contribution is 5.97. The third-order valence-corrected chi connectivity index (χ3v) is 13.3. The Balaban J connectivity index is 0.979. The molecule has 13 rings (SSSR count). The number of para-hydroxylation sites is 3. The van der Waals surface area contributed by atoms with E-state index in [4.69, 9.17) is 15.0 Å². The highest BCUT2D eigenvalue weighted by atomic mass is 15.1. The zero-order valence-corrected chi connectivity index (χ0v) is 34.7. The van der Waals surface area contributed by atoms with Gasteiger partial charge in [0.25, 0.3) is 0 Å². The predicted molar refractivity (Wildman–Crippen MR) is 260 cm³/mol. The Morgan fingerprint density at radius 1 is 0.312 bits per heavy atom. The number of imidazole rings is 1. The van der Waals surface area contributed by atoms with E-state index in [1.807, 2.05) is 12.1 Å². The number of rotatable bonds is 6. The molecule has 1 atom stereocenters. The highest BCUT2D eigenvalue weighted by Gasteiger charge is 2.51. The molecular formula is C60H38N4. The first-order valence-corrected chi connectivity index (χ1v) is 21.9. The fourth-order valence-corrected chi connectivity index (χ4v) is 10.4. The summed E-state index contributed by atoms with van der Waals surface area (Å²) in [6, 6.07) is 82.6. The van der Waals surface area contributed by atoms with Gasteiger partial charge in [-0.15, -0.1) is 0 Å². The first kappa shape index (κ1) is 36.2.